The molecule has 0 amide bonds. The molecule has 1 unspecified atom stereocenters. The number of ether oxygens (including phenoxy) is 1. The minimum atomic E-state index is -1.24. The van der Waals surface area contributed by atoms with Crippen molar-refractivity contribution in [2.75, 3.05) is 6.61 Å². The van der Waals surface area contributed by atoms with Crippen LogP contribution in [0, 0.1) is 0 Å². The van der Waals surface area contributed by atoms with Gasteiger partial charge in [-0.15, -0.1) is 0 Å². The van der Waals surface area contributed by atoms with Crippen LogP contribution in [0.25, 0.3) is 0 Å². The van der Waals surface area contributed by atoms with Crippen molar-refractivity contribution < 1.29 is 14.6 Å². The van der Waals surface area contributed by atoms with E-state index in [4.69, 9.17) is 4.74 Å². The second-order valence-corrected chi connectivity index (χ2v) is 3.55. The lowest BCUT2D eigenvalue weighted by molar-refractivity contribution is -0.165. The van der Waals surface area contributed by atoms with Crippen LogP contribution < -0.4 is 0 Å². The zero-order valence-electron chi connectivity index (χ0n) is 9.06. The van der Waals surface area contributed by atoms with Crippen LogP contribution in [0.4, 0.5) is 0 Å². The zero-order chi connectivity index (χ0) is 11.3. The summed E-state index contributed by atoms with van der Waals surface area (Å²) in [5.74, 6) is -0.956. The molecule has 1 aromatic rings. The normalized spacial score (nSPS) is 14.5. The van der Waals surface area contributed by atoms with Crippen LogP contribution in [0.2, 0.25) is 0 Å². The van der Waals surface area contributed by atoms with Crippen LogP contribution in [-0.2, 0) is 15.1 Å². The molecule has 82 valence electrons. The van der Waals surface area contributed by atoms with E-state index in [2.05, 4.69) is 0 Å². The minimum absolute atomic E-state index is 0.442. The number of carboxylic acids is 1. The van der Waals surface area contributed by atoms with Gasteiger partial charge in [0, 0.05) is 6.61 Å². The fraction of sp³-hybridized carbons (Fsp3) is 0.417. The molecule has 15 heavy (non-hydrogen) atoms. The lowest BCUT2D eigenvalue weighted by Gasteiger charge is -2.25. The summed E-state index contributed by atoms with van der Waals surface area (Å²) in [5, 5.41) is 9.19. The van der Waals surface area contributed by atoms with Gasteiger partial charge < -0.3 is 9.84 Å². The zero-order valence-corrected chi connectivity index (χ0v) is 9.06. The van der Waals surface area contributed by atoms with Crippen molar-refractivity contribution in [1.82, 2.24) is 0 Å². The molecule has 0 saturated heterocycles. The van der Waals surface area contributed by atoms with Crippen LogP contribution in [0.3, 0.4) is 0 Å². The molecular weight excluding hydrogens is 192 g/mol. The van der Waals surface area contributed by atoms with Gasteiger partial charge in [-0.25, -0.2) is 4.79 Å². The lowest BCUT2D eigenvalue weighted by atomic mass is 9.96. The van der Waals surface area contributed by atoms with E-state index in [-0.39, 0.29) is 0 Å². The number of carbonyl (C=O) groups is 1. The Morgan fingerprint density at radius 3 is 2.47 bits per heavy atom. The fourth-order valence-corrected chi connectivity index (χ4v) is 1.33. The SMILES string of the molecule is CCCOC(C)(C(=O)O)c1ccccc1. The van der Waals surface area contributed by atoms with Crippen molar-refractivity contribution >= 4 is 5.97 Å². The molecule has 0 saturated carbocycles. The lowest BCUT2D eigenvalue weighted by Crippen LogP contribution is -2.35. The molecule has 3 heteroatoms. The molecule has 1 aromatic carbocycles. The van der Waals surface area contributed by atoms with Crippen molar-refractivity contribution in [3.63, 3.8) is 0 Å². The van der Waals surface area contributed by atoms with E-state index in [0.717, 1.165) is 6.42 Å². The summed E-state index contributed by atoms with van der Waals surface area (Å²) in [5.41, 5.74) is -0.567. The van der Waals surface area contributed by atoms with E-state index in [0.29, 0.717) is 12.2 Å². The average Bonchev–Trinajstić information content (AvgIpc) is 2.27. The van der Waals surface area contributed by atoms with Crippen LogP contribution in [-0.4, -0.2) is 17.7 Å². The standard InChI is InChI=1S/C12H16O3/c1-3-9-15-12(2,11(13)14)10-7-5-4-6-8-10/h4-8H,3,9H2,1-2H3,(H,13,14). The van der Waals surface area contributed by atoms with Gasteiger partial charge in [0.05, 0.1) is 0 Å². The molecule has 3 nitrogen and oxygen atoms in total. The Balaban J connectivity index is 2.96. The summed E-state index contributed by atoms with van der Waals surface area (Å²) < 4.78 is 5.43. The van der Waals surface area contributed by atoms with Crippen molar-refractivity contribution in [3.8, 4) is 0 Å². The molecule has 0 fully saturated rings. The van der Waals surface area contributed by atoms with Crippen LogP contribution in [0.1, 0.15) is 25.8 Å². The third kappa shape index (κ3) is 2.57. The third-order valence-electron chi connectivity index (χ3n) is 2.33. The molecular formula is C12H16O3. The Morgan fingerprint density at radius 2 is 2.00 bits per heavy atom. The van der Waals surface area contributed by atoms with Crippen LogP contribution in [0.5, 0.6) is 0 Å². The number of hydrogen-bond acceptors (Lipinski definition) is 2. The molecule has 0 spiro atoms. The monoisotopic (exact) mass is 208 g/mol. The second-order valence-electron chi connectivity index (χ2n) is 3.55. The van der Waals surface area contributed by atoms with Gasteiger partial charge in [-0.3, -0.25) is 0 Å². The molecule has 0 aliphatic heterocycles. The van der Waals surface area contributed by atoms with Crippen molar-refractivity contribution in [2.45, 2.75) is 25.9 Å². The van der Waals surface area contributed by atoms with Gasteiger partial charge in [-0.2, -0.15) is 0 Å². The number of aliphatic carboxylic acids is 1. The highest BCUT2D eigenvalue weighted by molar-refractivity contribution is 5.78. The summed E-state index contributed by atoms with van der Waals surface area (Å²) in [6.45, 7) is 3.98. The molecule has 0 aliphatic rings. The van der Waals surface area contributed by atoms with E-state index >= 15 is 0 Å². The first-order valence-electron chi connectivity index (χ1n) is 5.04. The molecule has 0 heterocycles. The van der Waals surface area contributed by atoms with Gasteiger partial charge in [0.2, 0.25) is 0 Å². The fourth-order valence-electron chi connectivity index (χ4n) is 1.33. The quantitative estimate of drug-likeness (QED) is 0.808. The Morgan fingerprint density at radius 1 is 1.40 bits per heavy atom. The van der Waals surface area contributed by atoms with Crippen molar-refractivity contribution in [1.29, 1.82) is 0 Å². The third-order valence-corrected chi connectivity index (χ3v) is 2.33. The number of benzene rings is 1. The Bertz CT molecular complexity index is 321. The Hall–Kier alpha value is -1.35. The van der Waals surface area contributed by atoms with Crippen molar-refractivity contribution in [3.05, 3.63) is 35.9 Å². The molecule has 0 radical (unpaired) electrons. The first kappa shape index (κ1) is 11.7. The first-order valence-corrected chi connectivity index (χ1v) is 5.04. The van der Waals surface area contributed by atoms with E-state index in [1.807, 2.05) is 25.1 Å². The summed E-state index contributed by atoms with van der Waals surface area (Å²) in [4.78, 5) is 11.2. The molecule has 0 bridgehead atoms. The molecule has 0 aliphatic carbocycles. The Labute approximate surface area is 89.7 Å². The highest BCUT2D eigenvalue weighted by Crippen LogP contribution is 2.25. The maximum absolute atomic E-state index is 11.2. The highest BCUT2D eigenvalue weighted by atomic mass is 16.5. The molecule has 0 aromatic heterocycles. The summed E-state index contributed by atoms with van der Waals surface area (Å²) in [6, 6.07) is 9.01. The predicted molar refractivity (Wildman–Crippen MR) is 57.7 cm³/mol. The predicted octanol–water partition coefficient (Wildman–Crippen LogP) is 2.41. The van der Waals surface area contributed by atoms with Crippen molar-refractivity contribution in [2.24, 2.45) is 0 Å². The number of rotatable bonds is 5. The van der Waals surface area contributed by atoms with Gasteiger partial charge >= 0.3 is 5.97 Å². The number of hydrogen-bond donors (Lipinski definition) is 1. The van der Waals surface area contributed by atoms with Gasteiger partial charge in [-0.1, -0.05) is 37.3 Å². The molecule has 1 N–H and O–H groups in total. The van der Waals surface area contributed by atoms with E-state index in [1.54, 1.807) is 19.1 Å². The maximum Gasteiger partial charge on any atom is 0.340 e. The smallest absolute Gasteiger partial charge is 0.340 e. The largest absolute Gasteiger partial charge is 0.479 e. The highest BCUT2D eigenvalue weighted by Gasteiger charge is 2.35. The van der Waals surface area contributed by atoms with Gasteiger partial charge in [-0.05, 0) is 18.9 Å². The van der Waals surface area contributed by atoms with E-state index < -0.39 is 11.6 Å². The summed E-state index contributed by atoms with van der Waals surface area (Å²) >= 11 is 0. The van der Waals surface area contributed by atoms with E-state index in [1.165, 1.54) is 0 Å². The summed E-state index contributed by atoms with van der Waals surface area (Å²) in [6.07, 6.45) is 0.801. The first-order chi connectivity index (χ1) is 7.11. The topological polar surface area (TPSA) is 46.5 Å². The maximum atomic E-state index is 11.2. The molecule has 1 rings (SSSR count). The van der Waals surface area contributed by atoms with Gasteiger partial charge in [0.15, 0.2) is 5.60 Å². The van der Waals surface area contributed by atoms with Gasteiger partial charge in [0.1, 0.15) is 0 Å². The number of carboxylic acid groups (broad SMARTS) is 1. The Kier molecular flexibility index (Phi) is 3.86. The van der Waals surface area contributed by atoms with E-state index in [9.17, 15) is 9.90 Å². The second kappa shape index (κ2) is 4.94. The molecule has 1 atom stereocenters. The summed E-state index contributed by atoms with van der Waals surface area (Å²) in [7, 11) is 0. The average molecular weight is 208 g/mol. The minimum Gasteiger partial charge on any atom is -0.479 e. The van der Waals surface area contributed by atoms with Gasteiger partial charge in [0.25, 0.3) is 0 Å². The van der Waals surface area contributed by atoms with Crippen LogP contribution >= 0.6 is 0 Å². The van der Waals surface area contributed by atoms with Crippen LogP contribution in [0.15, 0.2) is 30.3 Å².